The van der Waals surface area contributed by atoms with Crippen molar-refractivity contribution >= 4 is 56.7 Å². The number of anilines is 1. The topological polar surface area (TPSA) is 184 Å². The van der Waals surface area contributed by atoms with E-state index in [1.165, 1.54) is 25.1 Å². The fraction of sp³-hybridized carbons (Fsp3) is 0.200. The third-order valence-electron chi connectivity index (χ3n) is 11.4. The van der Waals surface area contributed by atoms with Gasteiger partial charge in [-0.1, -0.05) is 77.8 Å². The number of ether oxygens (including phenoxy) is 3. The second-order valence-corrected chi connectivity index (χ2v) is 18.7. The van der Waals surface area contributed by atoms with Gasteiger partial charge in [0.05, 0.1) is 26.6 Å². The molecule has 0 radical (unpaired) electrons. The van der Waals surface area contributed by atoms with Crippen LogP contribution >= 0.6 is 23.2 Å². The van der Waals surface area contributed by atoms with Crippen LogP contribution in [0.2, 0.25) is 10.0 Å². The normalized spacial score (nSPS) is 16.0. The molecule has 2 amide bonds. The number of amides is 2. The van der Waals surface area contributed by atoms with Gasteiger partial charge >= 0.3 is 5.97 Å². The molecule has 3 atom stereocenters. The van der Waals surface area contributed by atoms with Gasteiger partial charge in [0.25, 0.3) is 0 Å². The predicted molar refractivity (Wildman–Crippen MR) is 248 cm³/mol. The van der Waals surface area contributed by atoms with Crippen molar-refractivity contribution in [3.63, 3.8) is 0 Å². The van der Waals surface area contributed by atoms with E-state index in [0.717, 1.165) is 26.6 Å². The van der Waals surface area contributed by atoms with Crippen LogP contribution in [0.4, 0.5) is 5.69 Å². The lowest BCUT2D eigenvalue weighted by Gasteiger charge is -2.37. The Bertz CT molecular complexity index is 3000. The number of hydrogen-bond acceptors (Lipinski definition) is 9. The van der Waals surface area contributed by atoms with E-state index < -0.39 is 40.1 Å². The molecule has 2 aliphatic rings. The van der Waals surface area contributed by atoms with Crippen molar-refractivity contribution in [3.8, 4) is 34.4 Å². The third-order valence-corrected chi connectivity index (χ3v) is 14.1. The van der Waals surface area contributed by atoms with Gasteiger partial charge in [-0.05, 0) is 125 Å². The monoisotopic (exact) mass is 944 g/mol. The molecule has 6 aromatic rings. The molecule has 0 bridgehead atoms. The molecule has 2 heterocycles. The Morgan fingerprint density at radius 3 is 2.20 bits per heavy atom. The molecular formula is C50H42Cl2N4O9S. The van der Waals surface area contributed by atoms with E-state index in [4.69, 9.17) is 42.7 Å². The van der Waals surface area contributed by atoms with E-state index in [0.29, 0.717) is 60.8 Å². The summed E-state index contributed by atoms with van der Waals surface area (Å²) in [5.41, 5.74) is 6.48. The summed E-state index contributed by atoms with van der Waals surface area (Å²) in [6.45, 7) is 3.14. The Labute approximate surface area is 391 Å². The number of aryl methyl sites for hydroxylation is 1. The molecule has 13 nitrogen and oxygen atoms in total. The second kappa shape index (κ2) is 19.3. The van der Waals surface area contributed by atoms with Crippen LogP contribution in [0.25, 0.3) is 11.1 Å². The largest absolute Gasteiger partial charge is 0.489 e. The average Bonchev–Trinajstić information content (AvgIpc) is 3.30. The molecule has 66 heavy (non-hydrogen) atoms. The molecule has 336 valence electrons. The van der Waals surface area contributed by atoms with Crippen molar-refractivity contribution in [2.24, 2.45) is 0 Å². The van der Waals surface area contributed by atoms with Crippen molar-refractivity contribution in [1.82, 2.24) is 9.62 Å². The minimum absolute atomic E-state index is 0.0805. The number of carbonyl (C=O) groups excluding carboxylic acids is 2. The summed E-state index contributed by atoms with van der Waals surface area (Å²) < 4.78 is 49.1. The van der Waals surface area contributed by atoms with Crippen molar-refractivity contribution in [1.29, 1.82) is 5.26 Å². The van der Waals surface area contributed by atoms with Gasteiger partial charge in [-0.2, -0.15) is 9.57 Å². The van der Waals surface area contributed by atoms with Crippen molar-refractivity contribution < 1.29 is 42.1 Å². The molecule has 2 aliphatic heterocycles. The van der Waals surface area contributed by atoms with E-state index in [2.05, 4.69) is 16.7 Å². The van der Waals surface area contributed by atoms with Crippen molar-refractivity contribution in [3.05, 3.63) is 170 Å². The van der Waals surface area contributed by atoms with E-state index in [1.807, 2.05) is 54.6 Å². The van der Waals surface area contributed by atoms with Crippen LogP contribution in [-0.2, 0) is 50.4 Å². The molecular weight excluding hydrogens is 904 g/mol. The number of carboxylic acids is 1. The number of sulfonamides is 1. The minimum Gasteiger partial charge on any atom is -0.489 e. The smallest absolute Gasteiger partial charge is 0.326 e. The van der Waals surface area contributed by atoms with E-state index >= 15 is 0 Å². The zero-order valence-corrected chi connectivity index (χ0v) is 37.9. The standard InChI is InChI=1S/C50H42Cl2N4O9S/c1-29-19-39(54-30(2)57)14-18-48(29)66(61,62)56-26-38-24-46-45(64-28-47(65-46)36-12-15-40(16-13-36)63-27-33-7-17-41(51)42(52)20-33)23-37(38)22-44(56)49(58)55-43(50(59)60)21-31-3-8-34(9-4-31)35-10-5-32(25-53)6-11-35/h3-20,23-24,43-44,47H,21-22,26-28H2,1-2H3,(H,54,57)(H,55,58)(H,59,60)/t43-,44?,47+/m0/s1. The first-order valence-corrected chi connectivity index (χ1v) is 23.0. The summed E-state index contributed by atoms with van der Waals surface area (Å²) in [6.07, 6.45) is -0.687. The number of nitrogens with one attached hydrogen (secondary N) is 2. The average molecular weight is 946 g/mol. The van der Waals surface area contributed by atoms with Gasteiger partial charge in [0.1, 0.15) is 31.0 Å². The van der Waals surface area contributed by atoms with Gasteiger partial charge < -0.3 is 30.0 Å². The first-order chi connectivity index (χ1) is 31.6. The van der Waals surface area contributed by atoms with Crippen molar-refractivity contribution in [2.75, 3.05) is 11.9 Å². The molecule has 0 aromatic heterocycles. The summed E-state index contributed by atoms with van der Waals surface area (Å²) in [7, 11) is -4.43. The fourth-order valence-electron chi connectivity index (χ4n) is 7.96. The molecule has 0 fully saturated rings. The number of benzene rings is 6. The van der Waals surface area contributed by atoms with Gasteiger partial charge in [0.15, 0.2) is 17.6 Å². The molecule has 8 rings (SSSR count). The van der Waals surface area contributed by atoms with Gasteiger partial charge in [-0.25, -0.2) is 13.2 Å². The quantitative estimate of drug-likeness (QED) is 0.101. The zero-order valence-electron chi connectivity index (χ0n) is 35.6. The summed E-state index contributed by atoms with van der Waals surface area (Å²) in [5.74, 6) is -0.993. The number of halogens is 2. The van der Waals surface area contributed by atoms with Crippen LogP contribution in [0, 0.1) is 18.3 Å². The van der Waals surface area contributed by atoms with Gasteiger partial charge in [0.2, 0.25) is 21.8 Å². The highest BCUT2D eigenvalue weighted by atomic mass is 35.5. The van der Waals surface area contributed by atoms with Crippen LogP contribution in [0.15, 0.2) is 126 Å². The molecule has 16 heteroatoms. The lowest BCUT2D eigenvalue weighted by Crippen LogP contribution is -2.55. The number of fused-ring (bicyclic) bond motifs is 2. The number of nitriles is 1. The Kier molecular flexibility index (Phi) is 13.4. The summed E-state index contributed by atoms with van der Waals surface area (Å²) in [4.78, 5) is 38.7. The number of aliphatic carboxylic acids is 1. The SMILES string of the molecule is CC(=O)Nc1ccc(S(=O)(=O)N2Cc3cc4c(cc3CC2C(=O)N[C@@H](Cc2ccc(-c3ccc(C#N)cc3)cc2)C(=O)O)OC[C@H](c2ccc(OCc3ccc(Cl)c(Cl)c3)cc2)O4)c(C)c1. The van der Waals surface area contributed by atoms with Crippen LogP contribution in [0.5, 0.6) is 17.2 Å². The number of carbonyl (C=O) groups is 3. The minimum atomic E-state index is -4.43. The third kappa shape index (κ3) is 10.1. The van der Waals surface area contributed by atoms with Gasteiger partial charge in [-0.15, -0.1) is 0 Å². The Morgan fingerprint density at radius 2 is 1.55 bits per heavy atom. The van der Waals surface area contributed by atoms with E-state index in [1.54, 1.807) is 55.5 Å². The summed E-state index contributed by atoms with van der Waals surface area (Å²) in [5, 5.41) is 25.7. The maximum Gasteiger partial charge on any atom is 0.326 e. The van der Waals surface area contributed by atoms with E-state index in [-0.39, 0.29) is 43.4 Å². The zero-order chi connectivity index (χ0) is 46.7. The molecule has 0 spiro atoms. The van der Waals surface area contributed by atoms with Crippen molar-refractivity contribution in [2.45, 2.75) is 62.9 Å². The Hall–Kier alpha value is -6.89. The number of carboxylic acid groups (broad SMARTS) is 1. The highest BCUT2D eigenvalue weighted by Gasteiger charge is 2.42. The van der Waals surface area contributed by atoms with Gasteiger partial charge in [-0.3, -0.25) is 9.59 Å². The number of rotatable bonds is 13. The predicted octanol–water partition coefficient (Wildman–Crippen LogP) is 8.82. The van der Waals surface area contributed by atoms with Crippen LogP contribution < -0.4 is 24.8 Å². The second-order valence-electron chi connectivity index (χ2n) is 16.0. The maximum atomic E-state index is 14.7. The molecule has 0 saturated heterocycles. The first kappa shape index (κ1) is 45.7. The summed E-state index contributed by atoms with van der Waals surface area (Å²) >= 11 is 12.2. The first-order valence-electron chi connectivity index (χ1n) is 20.8. The number of hydrogen-bond donors (Lipinski definition) is 3. The molecule has 0 saturated carbocycles. The van der Waals surface area contributed by atoms with Crippen LogP contribution in [-0.4, -0.2) is 54.3 Å². The molecule has 6 aromatic carbocycles. The Morgan fingerprint density at radius 1 is 0.864 bits per heavy atom. The number of nitrogens with zero attached hydrogens (tertiary/aromatic N) is 2. The highest BCUT2D eigenvalue weighted by molar-refractivity contribution is 7.89. The lowest BCUT2D eigenvalue weighted by molar-refractivity contribution is -0.142. The van der Waals surface area contributed by atoms with Crippen LogP contribution in [0.1, 0.15) is 52.0 Å². The highest BCUT2D eigenvalue weighted by Crippen LogP contribution is 2.42. The molecule has 0 aliphatic carbocycles. The van der Waals surface area contributed by atoms with Crippen LogP contribution in [0.3, 0.4) is 0 Å². The maximum absolute atomic E-state index is 14.7. The molecule has 3 N–H and O–H groups in total. The Balaban J connectivity index is 1.03. The van der Waals surface area contributed by atoms with Gasteiger partial charge in [0, 0.05) is 25.6 Å². The molecule has 1 unspecified atom stereocenters. The lowest BCUT2D eigenvalue weighted by atomic mass is 9.93. The summed E-state index contributed by atoms with van der Waals surface area (Å²) in [6, 6.07) is 34.1. The fourth-order valence-corrected chi connectivity index (χ4v) is 10.1. The van der Waals surface area contributed by atoms with E-state index in [9.17, 15) is 27.9 Å².